The minimum absolute atomic E-state index is 0.244. The van der Waals surface area contributed by atoms with E-state index in [2.05, 4.69) is 9.99 Å². The number of aryl methyl sites for hydroxylation is 2. The van der Waals surface area contributed by atoms with Gasteiger partial charge in [-0.15, -0.1) is 0 Å². The van der Waals surface area contributed by atoms with E-state index >= 15 is 0 Å². The van der Waals surface area contributed by atoms with Gasteiger partial charge in [0.15, 0.2) is 11.6 Å². The molecule has 0 saturated carbocycles. The zero-order valence-corrected chi connectivity index (χ0v) is 18.8. The summed E-state index contributed by atoms with van der Waals surface area (Å²) in [7, 11) is 1.44. The second-order valence-electron chi connectivity index (χ2n) is 7.13. The van der Waals surface area contributed by atoms with E-state index in [9.17, 15) is 4.39 Å². The molecule has 0 saturated heterocycles. The molecule has 0 amide bonds. The molecule has 0 aliphatic heterocycles. The average Bonchev–Trinajstić information content (AvgIpc) is 2.74. The summed E-state index contributed by atoms with van der Waals surface area (Å²) in [5.74, 6) is 1.60. The predicted molar refractivity (Wildman–Crippen MR) is 122 cm³/mol. The fourth-order valence-corrected chi connectivity index (χ4v) is 3.03. The van der Waals surface area contributed by atoms with E-state index in [1.54, 1.807) is 12.1 Å². The highest BCUT2D eigenvalue weighted by atomic mass is 19.1. The van der Waals surface area contributed by atoms with Crippen LogP contribution in [0.1, 0.15) is 42.9 Å². The van der Waals surface area contributed by atoms with Gasteiger partial charge in [0.2, 0.25) is 0 Å². The summed E-state index contributed by atoms with van der Waals surface area (Å²) in [5, 5.41) is 3.62. The molecule has 0 N–H and O–H groups in total. The minimum Gasteiger partial charge on any atom is -0.493 e. The summed E-state index contributed by atoms with van der Waals surface area (Å²) in [5.41, 5.74) is 2.74. The van der Waals surface area contributed by atoms with Crippen molar-refractivity contribution in [2.75, 3.05) is 26.9 Å². The molecular formula is C25H32FNO4. The molecule has 0 spiro atoms. The van der Waals surface area contributed by atoms with Crippen molar-refractivity contribution in [3.8, 4) is 17.2 Å². The Bertz CT molecular complexity index is 857. The Kier molecular flexibility index (Phi) is 10.4. The van der Waals surface area contributed by atoms with Crippen molar-refractivity contribution in [2.45, 2.75) is 40.0 Å². The van der Waals surface area contributed by atoms with E-state index in [0.717, 1.165) is 41.9 Å². The van der Waals surface area contributed by atoms with Gasteiger partial charge >= 0.3 is 0 Å². The van der Waals surface area contributed by atoms with Gasteiger partial charge in [-0.3, -0.25) is 0 Å². The lowest BCUT2D eigenvalue weighted by Crippen LogP contribution is -2.04. The third-order valence-corrected chi connectivity index (χ3v) is 4.57. The Morgan fingerprint density at radius 1 is 0.935 bits per heavy atom. The number of benzene rings is 2. The number of allylic oxidation sites excluding steroid dienone is 1. The molecule has 168 valence electrons. The van der Waals surface area contributed by atoms with Crippen molar-refractivity contribution in [3.63, 3.8) is 0 Å². The van der Waals surface area contributed by atoms with E-state index in [0.29, 0.717) is 25.4 Å². The molecule has 0 fully saturated rings. The lowest BCUT2D eigenvalue weighted by molar-refractivity contribution is 0.215. The Balaban J connectivity index is 1.69. The smallest absolute Gasteiger partial charge is 0.165 e. The Morgan fingerprint density at radius 3 is 2.29 bits per heavy atom. The Labute approximate surface area is 184 Å². The van der Waals surface area contributed by atoms with Gasteiger partial charge in [0.1, 0.15) is 25.2 Å². The average molecular weight is 430 g/mol. The summed E-state index contributed by atoms with van der Waals surface area (Å²) < 4.78 is 31.3. The first-order valence-electron chi connectivity index (χ1n) is 10.5. The van der Waals surface area contributed by atoms with Crippen LogP contribution in [0, 0.1) is 19.7 Å². The lowest BCUT2D eigenvalue weighted by Gasteiger charge is -2.14. The van der Waals surface area contributed by atoms with Gasteiger partial charge in [-0.05, 0) is 87.1 Å². The van der Waals surface area contributed by atoms with Crippen molar-refractivity contribution >= 4 is 6.21 Å². The Morgan fingerprint density at radius 2 is 1.65 bits per heavy atom. The number of hydrogen-bond donors (Lipinski definition) is 0. The molecule has 0 bridgehead atoms. The van der Waals surface area contributed by atoms with Gasteiger partial charge in [-0.25, -0.2) is 4.39 Å². The second-order valence-corrected chi connectivity index (χ2v) is 7.13. The van der Waals surface area contributed by atoms with Crippen LogP contribution >= 0.6 is 0 Å². The lowest BCUT2D eigenvalue weighted by atomic mass is 10.1. The third-order valence-electron chi connectivity index (χ3n) is 4.57. The number of rotatable bonds is 13. The first-order chi connectivity index (χ1) is 15.0. The number of hydrogen-bond acceptors (Lipinski definition) is 5. The van der Waals surface area contributed by atoms with Crippen LogP contribution < -0.4 is 14.2 Å². The van der Waals surface area contributed by atoms with Crippen molar-refractivity contribution in [3.05, 3.63) is 65.0 Å². The molecule has 0 radical (unpaired) electrons. The van der Waals surface area contributed by atoms with Crippen LogP contribution in [0.3, 0.4) is 0 Å². The number of halogens is 1. The van der Waals surface area contributed by atoms with Crippen LogP contribution in [0.5, 0.6) is 17.2 Å². The maximum absolute atomic E-state index is 14.0. The van der Waals surface area contributed by atoms with E-state index in [-0.39, 0.29) is 5.75 Å². The van der Waals surface area contributed by atoms with Crippen LogP contribution in [0.4, 0.5) is 4.39 Å². The van der Waals surface area contributed by atoms with Gasteiger partial charge < -0.3 is 19.0 Å². The van der Waals surface area contributed by atoms with Crippen LogP contribution in [-0.2, 0) is 4.84 Å². The van der Waals surface area contributed by atoms with Gasteiger partial charge in [0, 0.05) is 0 Å². The summed E-state index contributed by atoms with van der Waals surface area (Å²) in [6.07, 6.45) is 8.04. The summed E-state index contributed by atoms with van der Waals surface area (Å²) in [4.78, 5) is 4.59. The first kappa shape index (κ1) is 24.3. The van der Waals surface area contributed by atoms with E-state index in [1.165, 1.54) is 19.4 Å². The topological polar surface area (TPSA) is 49.3 Å². The first-order valence-corrected chi connectivity index (χ1v) is 10.5. The quantitative estimate of drug-likeness (QED) is 0.169. The number of ether oxygens (including phenoxy) is 3. The number of oxime groups is 1. The highest BCUT2D eigenvalue weighted by Gasteiger charge is 2.08. The van der Waals surface area contributed by atoms with Gasteiger partial charge in [-0.1, -0.05) is 17.3 Å². The second kappa shape index (κ2) is 13.3. The van der Waals surface area contributed by atoms with Crippen molar-refractivity contribution < 1.29 is 23.4 Å². The molecule has 2 aromatic rings. The molecule has 0 aromatic heterocycles. The van der Waals surface area contributed by atoms with Crippen molar-refractivity contribution in [2.24, 2.45) is 5.16 Å². The highest BCUT2D eigenvalue weighted by Crippen LogP contribution is 2.28. The fraction of sp³-hybridized carbons (Fsp3) is 0.400. The number of nitrogens with zero attached hydrogens (tertiary/aromatic N) is 1. The summed E-state index contributed by atoms with van der Waals surface area (Å²) >= 11 is 0. The monoisotopic (exact) mass is 429 g/mol. The molecule has 6 heteroatoms. The molecule has 2 rings (SSSR count). The molecule has 5 nitrogen and oxygen atoms in total. The van der Waals surface area contributed by atoms with Gasteiger partial charge in [0.25, 0.3) is 0 Å². The van der Waals surface area contributed by atoms with Gasteiger partial charge in [0.05, 0.1) is 19.4 Å². The zero-order valence-electron chi connectivity index (χ0n) is 18.8. The molecule has 0 atom stereocenters. The standard InChI is InChI=1S/C25H32FNO4/c1-5-6-12-29-22-15-19(2)25(20(3)16-22)31-14-9-7-8-13-30-24-11-10-21(17-23(24)26)18-27-28-4/h5-6,10-11,15-18H,7-9,12-14H2,1-4H3/b6-5+,27-18+. The predicted octanol–water partition coefficient (Wildman–Crippen LogP) is 6.01. The Hall–Kier alpha value is -3.02. The normalized spacial score (nSPS) is 11.3. The minimum atomic E-state index is -0.410. The zero-order chi connectivity index (χ0) is 22.5. The largest absolute Gasteiger partial charge is 0.493 e. The fourth-order valence-electron chi connectivity index (χ4n) is 3.03. The SMILES string of the molecule is C/C=C/COc1cc(C)c(OCCCCCOc2ccc(/C=N/OC)cc2F)c(C)c1. The number of unbranched alkanes of at least 4 members (excludes halogenated alkanes) is 2. The highest BCUT2D eigenvalue weighted by molar-refractivity contribution is 5.79. The van der Waals surface area contributed by atoms with E-state index in [4.69, 9.17) is 14.2 Å². The third kappa shape index (κ3) is 8.32. The summed E-state index contributed by atoms with van der Waals surface area (Å²) in [6.45, 7) is 7.67. The van der Waals surface area contributed by atoms with Crippen LogP contribution in [-0.4, -0.2) is 33.1 Å². The molecule has 31 heavy (non-hydrogen) atoms. The maximum atomic E-state index is 14.0. The molecule has 0 heterocycles. The van der Waals surface area contributed by atoms with Crippen LogP contribution in [0.25, 0.3) is 0 Å². The van der Waals surface area contributed by atoms with Crippen LogP contribution in [0.15, 0.2) is 47.6 Å². The molecule has 0 unspecified atom stereocenters. The maximum Gasteiger partial charge on any atom is 0.165 e. The van der Waals surface area contributed by atoms with E-state index in [1.807, 2.05) is 45.1 Å². The molecule has 0 aliphatic rings. The molecule has 0 aliphatic carbocycles. The van der Waals surface area contributed by atoms with Crippen molar-refractivity contribution in [1.29, 1.82) is 0 Å². The molecular weight excluding hydrogens is 397 g/mol. The summed E-state index contributed by atoms with van der Waals surface area (Å²) in [6, 6.07) is 8.71. The van der Waals surface area contributed by atoms with Crippen LogP contribution in [0.2, 0.25) is 0 Å². The molecule has 2 aromatic carbocycles. The van der Waals surface area contributed by atoms with E-state index < -0.39 is 5.82 Å². The van der Waals surface area contributed by atoms with Crippen molar-refractivity contribution in [1.82, 2.24) is 0 Å². The van der Waals surface area contributed by atoms with Gasteiger partial charge in [-0.2, -0.15) is 0 Å².